The van der Waals surface area contributed by atoms with Gasteiger partial charge in [0.15, 0.2) is 5.17 Å². The van der Waals surface area contributed by atoms with E-state index in [0.29, 0.717) is 16.6 Å². The van der Waals surface area contributed by atoms with E-state index in [1.54, 1.807) is 12.3 Å². The molecule has 1 fully saturated rings. The Hall–Kier alpha value is -1.63. The van der Waals surface area contributed by atoms with Crippen molar-refractivity contribution in [2.45, 2.75) is 11.7 Å². The number of amides is 1. The third-order valence-corrected chi connectivity index (χ3v) is 5.31. The second-order valence-electron chi connectivity index (χ2n) is 5.10. The van der Waals surface area contributed by atoms with Crippen LogP contribution in [0.1, 0.15) is 11.1 Å². The summed E-state index contributed by atoms with van der Waals surface area (Å²) in [5.74, 6) is -0.0467. The van der Waals surface area contributed by atoms with Gasteiger partial charge in [0.1, 0.15) is 0 Å². The van der Waals surface area contributed by atoms with Gasteiger partial charge in [0.05, 0.1) is 11.5 Å². The second-order valence-corrected chi connectivity index (χ2v) is 7.61. The Kier molecular flexibility index (Phi) is 5.71. The van der Waals surface area contributed by atoms with E-state index < -0.39 is 0 Å². The Morgan fingerprint density at radius 2 is 1.96 bits per heavy atom. The van der Waals surface area contributed by atoms with Crippen LogP contribution in [0.3, 0.4) is 0 Å². The van der Waals surface area contributed by atoms with Crippen LogP contribution in [-0.2, 0) is 11.2 Å². The smallest absolute Gasteiger partial charge is 0.239 e. The molecule has 1 heterocycles. The van der Waals surface area contributed by atoms with Crippen molar-refractivity contribution < 1.29 is 4.79 Å². The molecule has 4 nitrogen and oxygen atoms in total. The summed E-state index contributed by atoms with van der Waals surface area (Å²) in [4.78, 5) is 12.0. The zero-order valence-electron chi connectivity index (χ0n) is 12.4. The minimum Gasteiger partial charge on any atom is -0.303 e. The van der Waals surface area contributed by atoms with Gasteiger partial charge in [-0.05, 0) is 30.2 Å². The van der Waals surface area contributed by atoms with Crippen LogP contribution < -0.4 is 5.32 Å². The molecule has 2 aromatic carbocycles. The number of carbonyl (C=O) groups is 1. The predicted octanol–water partition coefficient (Wildman–Crippen LogP) is 4.27. The fourth-order valence-corrected chi connectivity index (χ4v) is 3.56. The van der Waals surface area contributed by atoms with Gasteiger partial charge in [-0.2, -0.15) is 5.10 Å². The largest absolute Gasteiger partial charge is 0.303 e. The summed E-state index contributed by atoms with van der Waals surface area (Å²) in [6.45, 7) is 0. The number of carbonyl (C=O) groups excluding carboxylic acids is 1. The molecule has 24 heavy (non-hydrogen) atoms. The fraction of sp³-hybridized carbons (Fsp3) is 0.118. The topological polar surface area (TPSA) is 53.8 Å². The van der Waals surface area contributed by atoms with Crippen molar-refractivity contribution in [3.05, 3.63) is 69.2 Å². The Morgan fingerprint density at radius 1 is 1.21 bits per heavy atom. The normalized spacial score (nSPS) is 19.2. The fourth-order valence-electron chi connectivity index (χ4n) is 2.14. The van der Waals surface area contributed by atoms with Crippen LogP contribution in [0.25, 0.3) is 0 Å². The van der Waals surface area contributed by atoms with Gasteiger partial charge in [0.2, 0.25) is 5.91 Å². The zero-order valence-corrected chi connectivity index (χ0v) is 15.6. The number of nitrogens with one attached hydrogen (secondary N) is 1. The van der Waals surface area contributed by atoms with Crippen molar-refractivity contribution in [3.63, 3.8) is 0 Å². The minimum atomic E-state index is -0.194. The molecule has 2 aromatic rings. The Morgan fingerprint density at radius 3 is 2.71 bits per heavy atom. The van der Waals surface area contributed by atoms with Gasteiger partial charge in [0.25, 0.3) is 0 Å². The van der Waals surface area contributed by atoms with Crippen LogP contribution in [0.2, 0.25) is 5.02 Å². The van der Waals surface area contributed by atoms with E-state index in [2.05, 4.69) is 31.4 Å². The number of thioether (sulfide) groups is 1. The average molecular weight is 423 g/mol. The van der Waals surface area contributed by atoms with Crippen molar-refractivity contribution in [3.8, 4) is 0 Å². The van der Waals surface area contributed by atoms with Gasteiger partial charge in [0, 0.05) is 15.1 Å². The van der Waals surface area contributed by atoms with E-state index >= 15 is 0 Å². The van der Waals surface area contributed by atoms with Gasteiger partial charge in [-0.15, -0.1) is 5.10 Å². The van der Waals surface area contributed by atoms with Crippen LogP contribution in [-0.4, -0.2) is 22.5 Å². The Labute approximate surface area is 157 Å². The Balaban J connectivity index is 1.63. The highest BCUT2D eigenvalue weighted by Crippen LogP contribution is 2.24. The number of rotatable bonds is 4. The van der Waals surface area contributed by atoms with E-state index in [-0.39, 0.29) is 11.2 Å². The second kappa shape index (κ2) is 7.96. The molecule has 122 valence electrons. The molecule has 7 heteroatoms. The quantitative estimate of drug-likeness (QED) is 0.591. The lowest BCUT2D eigenvalue weighted by Gasteiger charge is -2.05. The van der Waals surface area contributed by atoms with Crippen LogP contribution in [0.15, 0.2) is 63.2 Å². The van der Waals surface area contributed by atoms with E-state index in [4.69, 9.17) is 11.6 Å². The monoisotopic (exact) mass is 421 g/mol. The van der Waals surface area contributed by atoms with Gasteiger partial charge in [-0.25, -0.2) is 0 Å². The van der Waals surface area contributed by atoms with E-state index in [0.717, 1.165) is 15.6 Å². The highest BCUT2D eigenvalue weighted by Gasteiger charge is 2.30. The van der Waals surface area contributed by atoms with Crippen molar-refractivity contribution in [2.24, 2.45) is 10.2 Å². The summed E-state index contributed by atoms with van der Waals surface area (Å²) >= 11 is 10.8. The molecule has 0 aliphatic carbocycles. The molecule has 0 radical (unpaired) electrons. The number of hydrogen-bond acceptors (Lipinski definition) is 4. The molecule has 0 bridgehead atoms. The maximum atomic E-state index is 12.0. The first-order valence-electron chi connectivity index (χ1n) is 7.19. The maximum absolute atomic E-state index is 12.0. The average Bonchev–Trinajstić information content (AvgIpc) is 2.91. The van der Waals surface area contributed by atoms with Crippen molar-refractivity contribution in [1.29, 1.82) is 0 Å². The third kappa shape index (κ3) is 4.47. The van der Waals surface area contributed by atoms with E-state index in [9.17, 15) is 4.79 Å². The molecule has 0 unspecified atom stereocenters. The van der Waals surface area contributed by atoms with Crippen LogP contribution >= 0.6 is 39.3 Å². The Bertz CT molecular complexity index is 808. The summed E-state index contributed by atoms with van der Waals surface area (Å²) in [5, 5.41) is 11.8. The molecule has 1 saturated heterocycles. The van der Waals surface area contributed by atoms with Crippen LogP contribution in [0.5, 0.6) is 0 Å². The lowest BCUT2D eigenvalue weighted by molar-refractivity contribution is -0.118. The molecule has 1 aliphatic heterocycles. The molecule has 1 aliphatic rings. The number of benzene rings is 2. The van der Waals surface area contributed by atoms with Gasteiger partial charge >= 0.3 is 0 Å². The SMILES string of the molecule is O=C1N/C(=N\N=C/c2ccccc2Cl)S[C@H]1Cc1ccc(Br)cc1. The van der Waals surface area contributed by atoms with Crippen molar-refractivity contribution in [1.82, 2.24) is 5.32 Å². The summed E-state index contributed by atoms with van der Waals surface area (Å²) in [6, 6.07) is 15.3. The molecule has 0 spiro atoms. The van der Waals surface area contributed by atoms with Crippen molar-refractivity contribution >= 4 is 56.6 Å². The van der Waals surface area contributed by atoms with Crippen LogP contribution in [0.4, 0.5) is 0 Å². The highest BCUT2D eigenvalue weighted by molar-refractivity contribution is 9.10. The molecule has 0 saturated carbocycles. The van der Waals surface area contributed by atoms with Crippen molar-refractivity contribution in [2.75, 3.05) is 0 Å². The molecular weight excluding hydrogens is 410 g/mol. The molecule has 1 N–H and O–H groups in total. The summed E-state index contributed by atoms with van der Waals surface area (Å²) in [5.41, 5.74) is 1.89. The first-order valence-corrected chi connectivity index (χ1v) is 9.24. The summed E-state index contributed by atoms with van der Waals surface area (Å²) in [6.07, 6.45) is 2.22. The first kappa shape index (κ1) is 17.2. The lowest BCUT2D eigenvalue weighted by atomic mass is 10.1. The molecular formula is C17H13BrClN3OS. The molecule has 3 rings (SSSR count). The number of nitrogens with zero attached hydrogens (tertiary/aromatic N) is 2. The third-order valence-electron chi connectivity index (χ3n) is 3.36. The maximum Gasteiger partial charge on any atom is 0.239 e. The van der Waals surface area contributed by atoms with Gasteiger partial charge in [-0.3, -0.25) is 4.79 Å². The summed E-state index contributed by atoms with van der Waals surface area (Å²) in [7, 11) is 0. The van der Waals surface area contributed by atoms with Gasteiger partial charge < -0.3 is 5.32 Å². The standard InChI is InChI=1S/C17H13BrClN3OS/c18-13-7-5-11(6-8-13)9-15-16(23)21-17(24-15)22-20-10-12-3-1-2-4-14(12)19/h1-8,10,15H,9H2,(H,21,22,23)/b20-10-/t15-/m0/s1. The van der Waals surface area contributed by atoms with E-state index in [1.165, 1.54) is 11.8 Å². The molecule has 1 amide bonds. The molecule has 0 aromatic heterocycles. The number of hydrogen-bond donors (Lipinski definition) is 1. The number of amidine groups is 1. The number of halogens is 2. The summed E-state index contributed by atoms with van der Waals surface area (Å²) < 4.78 is 1.02. The predicted molar refractivity (Wildman–Crippen MR) is 104 cm³/mol. The lowest BCUT2D eigenvalue weighted by Crippen LogP contribution is -2.25. The minimum absolute atomic E-state index is 0.0467. The van der Waals surface area contributed by atoms with Gasteiger partial charge in [-0.1, -0.05) is 69.6 Å². The zero-order chi connectivity index (χ0) is 16.9. The van der Waals surface area contributed by atoms with Crippen LogP contribution in [0, 0.1) is 0 Å². The highest BCUT2D eigenvalue weighted by atomic mass is 79.9. The molecule has 1 atom stereocenters. The van der Waals surface area contributed by atoms with E-state index in [1.807, 2.05) is 42.5 Å². The first-order chi connectivity index (χ1) is 11.6.